The van der Waals surface area contributed by atoms with E-state index in [-0.39, 0.29) is 24.9 Å². The topological polar surface area (TPSA) is 55.6 Å². The zero-order valence-corrected chi connectivity index (χ0v) is 12.0. The van der Waals surface area contributed by atoms with Crippen molar-refractivity contribution in [2.45, 2.75) is 25.3 Å². The van der Waals surface area contributed by atoms with Crippen molar-refractivity contribution in [3.05, 3.63) is 29.8 Å². The van der Waals surface area contributed by atoms with Crippen LogP contribution in [-0.2, 0) is 16.0 Å². The second-order valence-corrected chi connectivity index (χ2v) is 4.64. The lowest BCUT2D eigenvalue weighted by Crippen LogP contribution is -2.46. The largest absolute Gasteiger partial charge is 0.383 e. The van der Waals surface area contributed by atoms with Gasteiger partial charge in [-0.15, -0.1) is 12.4 Å². The molecule has 0 saturated carbocycles. The molecule has 0 aliphatic carbocycles. The van der Waals surface area contributed by atoms with Gasteiger partial charge in [-0.1, -0.05) is 18.2 Å². The Hall–Kier alpha value is -1.10. The molecule has 4 nitrogen and oxygen atoms in total. The Morgan fingerprint density at radius 3 is 2.89 bits per heavy atom. The van der Waals surface area contributed by atoms with Crippen molar-refractivity contribution in [1.29, 1.82) is 0 Å². The highest BCUT2D eigenvalue weighted by molar-refractivity contribution is 5.97. The van der Waals surface area contributed by atoms with Crippen molar-refractivity contribution in [1.82, 2.24) is 0 Å². The molecule has 0 aromatic heterocycles. The normalized spacial score (nSPS) is 16.0. The third-order valence-electron chi connectivity index (χ3n) is 3.29. The summed E-state index contributed by atoms with van der Waals surface area (Å²) in [6, 6.07) is 7.48. The average molecular weight is 285 g/mol. The van der Waals surface area contributed by atoms with Crippen molar-refractivity contribution in [3.8, 4) is 0 Å². The summed E-state index contributed by atoms with van der Waals surface area (Å²) in [5.41, 5.74) is 8.09. The molecule has 0 spiro atoms. The second kappa shape index (κ2) is 7.48. The summed E-state index contributed by atoms with van der Waals surface area (Å²) in [6.45, 7) is 1.00. The number of amides is 1. The molecule has 0 saturated heterocycles. The Morgan fingerprint density at radius 2 is 2.16 bits per heavy atom. The van der Waals surface area contributed by atoms with E-state index < -0.39 is 6.04 Å². The van der Waals surface area contributed by atoms with Crippen molar-refractivity contribution < 1.29 is 9.53 Å². The summed E-state index contributed by atoms with van der Waals surface area (Å²) in [5, 5.41) is 0. The van der Waals surface area contributed by atoms with E-state index in [2.05, 4.69) is 6.07 Å². The standard InChI is InChI=1S/C14H20N2O2.ClH/c1-18-10-12(15)14(17)16-9-5-4-7-11-6-2-3-8-13(11)16;/h2-3,6,8,12H,4-5,7,9-10,15H2,1H3;1H. The molecule has 2 rings (SSSR count). The van der Waals surface area contributed by atoms with Crippen LogP contribution in [0.4, 0.5) is 5.69 Å². The lowest BCUT2D eigenvalue weighted by molar-refractivity contribution is -0.120. The van der Waals surface area contributed by atoms with E-state index in [1.165, 1.54) is 5.56 Å². The van der Waals surface area contributed by atoms with Crippen LogP contribution in [0.15, 0.2) is 24.3 Å². The van der Waals surface area contributed by atoms with Gasteiger partial charge in [0.1, 0.15) is 6.04 Å². The summed E-state index contributed by atoms with van der Waals surface area (Å²) >= 11 is 0. The molecule has 1 aromatic carbocycles. The molecule has 1 aliphatic heterocycles. The molecule has 0 bridgehead atoms. The minimum Gasteiger partial charge on any atom is -0.383 e. The number of para-hydroxylation sites is 1. The number of carbonyl (C=O) groups excluding carboxylic acids is 1. The summed E-state index contributed by atoms with van der Waals surface area (Å²) < 4.78 is 4.96. The van der Waals surface area contributed by atoms with Gasteiger partial charge in [-0.05, 0) is 30.9 Å². The van der Waals surface area contributed by atoms with E-state index in [4.69, 9.17) is 10.5 Å². The third-order valence-corrected chi connectivity index (χ3v) is 3.29. The van der Waals surface area contributed by atoms with Crippen LogP contribution in [0.1, 0.15) is 18.4 Å². The number of carbonyl (C=O) groups is 1. The Balaban J connectivity index is 0.00000180. The molecule has 19 heavy (non-hydrogen) atoms. The first kappa shape index (κ1) is 16.0. The number of benzene rings is 1. The molecule has 1 heterocycles. The minimum absolute atomic E-state index is 0. The van der Waals surface area contributed by atoms with Crippen LogP contribution in [0.25, 0.3) is 0 Å². The van der Waals surface area contributed by atoms with Gasteiger partial charge in [-0.2, -0.15) is 0 Å². The highest BCUT2D eigenvalue weighted by Gasteiger charge is 2.25. The molecular formula is C14H21ClN2O2. The Kier molecular flexibility index (Phi) is 6.28. The first-order valence-corrected chi connectivity index (χ1v) is 6.38. The minimum atomic E-state index is -0.582. The van der Waals surface area contributed by atoms with Gasteiger partial charge in [-0.3, -0.25) is 4.79 Å². The lowest BCUT2D eigenvalue weighted by Gasteiger charge is -2.25. The van der Waals surface area contributed by atoms with Gasteiger partial charge in [0.2, 0.25) is 5.91 Å². The number of halogens is 1. The van der Waals surface area contributed by atoms with E-state index in [1.54, 1.807) is 7.11 Å². The van der Waals surface area contributed by atoms with Gasteiger partial charge < -0.3 is 15.4 Å². The SMILES string of the molecule is COCC(N)C(=O)N1CCCCc2ccccc21.Cl. The summed E-state index contributed by atoms with van der Waals surface area (Å²) in [5.74, 6) is -0.0498. The van der Waals surface area contributed by atoms with Crippen LogP contribution in [0.3, 0.4) is 0 Å². The van der Waals surface area contributed by atoms with E-state index >= 15 is 0 Å². The Morgan fingerprint density at radius 1 is 1.42 bits per heavy atom. The molecule has 1 unspecified atom stereocenters. The Bertz CT molecular complexity index is 426. The number of nitrogens with zero attached hydrogens (tertiary/aromatic N) is 1. The van der Waals surface area contributed by atoms with Crippen molar-refractivity contribution >= 4 is 24.0 Å². The monoisotopic (exact) mass is 284 g/mol. The maximum absolute atomic E-state index is 12.3. The van der Waals surface area contributed by atoms with Gasteiger partial charge in [0.05, 0.1) is 6.61 Å². The fraction of sp³-hybridized carbons (Fsp3) is 0.500. The van der Waals surface area contributed by atoms with Gasteiger partial charge in [0.25, 0.3) is 0 Å². The van der Waals surface area contributed by atoms with E-state index in [0.717, 1.165) is 31.5 Å². The number of anilines is 1. The van der Waals surface area contributed by atoms with Crippen LogP contribution >= 0.6 is 12.4 Å². The molecule has 0 fully saturated rings. The third kappa shape index (κ3) is 3.69. The highest BCUT2D eigenvalue weighted by atomic mass is 35.5. The van der Waals surface area contributed by atoms with E-state index in [9.17, 15) is 4.79 Å². The first-order chi connectivity index (χ1) is 8.74. The predicted octanol–water partition coefficient (Wildman–Crippen LogP) is 1.75. The van der Waals surface area contributed by atoms with Crippen LogP contribution in [0, 0.1) is 0 Å². The molecule has 1 amide bonds. The number of ether oxygens (including phenoxy) is 1. The summed E-state index contributed by atoms with van der Waals surface area (Å²) in [7, 11) is 1.56. The molecule has 106 valence electrons. The highest BCUT2D eigenvalue weighted by Crippen LogP contribution is 2.26. The van der Waals surface area contributed by atoms with E-state index in [1.807, 2.05) is 23.1 Å². The maximum Gasteiger partial charge on any atom is 0.246 e. The molecular weight excluding hydrogens is 264 g/mol. The number of fused-ring (bicyclic) bond motifs is 1. The summed E-state index contributed by atoms with van der Waals surface area (Å²) in [6.07, 6.45) is 3.15. The molecule has 1 aliphatic rings. The number of rotatable bonds is 3. The second-order valence-electron chi connectivity index (χ2n) is 4.64. The molecule has 5 heteroatoms. The van der Waals surface area contributed by atoms with Crippen molar-refractivity contribution in [2.75, 3.05) is 25.2 Å². The number of hydrogen-bond acceptors (Lipinski definition) is 3. The number of aryl methyl sites for hydroxylation is 1. The van der Waals surface area contributed by atoms with E-state index in [0.29, 0.717) is 0 Å². The Labute approximate surface area is 120 Å². The number of nitrogens with two attached hydrogens (primary N) is 1. The average Bonchev–Trinajstić information content (AvgIpc) is 2.60. The maximum atomic E-state index is 12.3. The smallest absolute Gasteiger partial charge is 0.246 e. The van der Waals surface area contributed by atoms with Gasteiger partial charge in [0.15, 0.2) is 0 Å². The zero-order chi connectivity index (χ0) is 13.0. The molecule has 2 N–H and O–H groups in total. The molecule has 1 aromatic rings. The van der Waals surface area contributed by atoms with Crippen LogP contribution in [0.5, 0.6) is 0 Å². The van der Waals surface area contributed by atoms with Gasteiger partial charge in [0, 0.05) is 19.3 Å². The van der Waals surface area contributed by atoms with Crippen LogP contribution < -0.4 is 10.6 Å². The predicted molar refractivity (Wildman–Crippen MR) is 78.8 cm³/mol. The quantitative estimate of drug-likeness (QED) is 0.920. The first-order valence-electron chi connectivity index (χ1n) is 6.38. The lowest BCUT2D eigenvalue weighted by atomic mass is 10.1. The van der Waals surface area contributed by atoms with Crippen LogP contribution in [0.2, 0.25) is 0 Å². The number of methoxy groups -OCH3 is 1. The molecule has 1 atom stereocenters. The fourth-order valence-corrected chi connectivity index (χ4v) is 2.37. The fourth-order valence-electron chi connectivity index (χ4n) is 2.37. The van der Waals surface area contributed by atoms with Crippen molar-refractivity contribution in [2.24, 2.45) is 5.73 Å². The summed E-state index contributed by atoms with van der Waals surface area (Å²) in [4.78, 5) is 14.1. The zero-order valence-electron chi connectivity index (χ0n) is 11.2. The number of hydrogen-bond donors (Lipinski definition) is 1. The van der Waals surface area contributed by atoms with Crippen molar-refractivity contribution in [3.63, 3.8) is 0 Å². The molecule has 0 radical (unpaired) electrons. The van der Waals surface area contributed by atoms with Gasteiger partial charge in [-0.25, -0.2) is 0 Å². The van der Waals surface area contributed by atoms with Gasteiger partial charge >= 0.3 is 0 Å². The van der Waals surface area contributed by atoms with Crippen LogP contribution in [-0.4, -0.2) is 32.2 Å².